The Labute approximate surface area is 134 Å². The van der Waals surface area contributed by atoms with Gasteiger partial charge in [0.1, 0.15) is 5.84 Å². The maximum Gasteiger partial charge on any atom is 0.126 e. The van der Waals surface area contributed by atoms with E-state index in [1.165, 1.54) is 0 Å². The van der Waals surface area contributed by atoms with Gasteiger partial charge in [0.25, 0.3) is 0 Å². The van der Waals surface area contributed by atoms with Crippen molar-refractivity contribution in [3.63, 3.8) is 0 Å². The first kappa shape index (κ1) is 17.8. The lowest BCUT2D eigenvalue weighted by Gasteiger charge is -2.29. The third-order valence-corrected chi connectivity index (χ3v) is 3.87. The Morgan fingerprint density at radius 1 is 1.14 bits per heavy atom. The maximum absolute atomic E-state index is 7.81. The minimum atomic E-state index is 0.0368. The van der Waals surface area contributed by atoms with Crippen molar-refractivity contribution in [3.8, 4) is 0 Å². The molecule has 118 valence electrons. The summed E-state index contributed by atoms with van der Waals surface area (Å²) in [5.41, 5.74) is 7.38. The van der Waals surface area contributed by atoms with Crippen LogP contribution in [0.2, 0.25) is 5.02 Å². The summed E-state index contributed by atoms with van der Waals surface area (Å²) in [6, 6.07) is 5.75. The molecule has 0 bridgehead atoms. The lowest BCUT2D eigenvalue weighted by molar-refractivity contribution is 0.535. The molecule has 0 aliphatic heterocycles. The molecule has 1 aromatic rings. The maximum atomic E-state index is 7.81. The molecule has 0 aliphatic rings. The van der Waals surface area contributed by atoms with Gasteiger partial charge in [-0.05, 0) is 36.8 Å². The molecule has 1 aromatic carbocycles. The van der Waals surface area contributed by atoms with Crippen LogP contribution in [0.25, 0.3) is 0 Å². The molecule has 0 radical (unpaired) electrons. The summed E-state index contributed by atoms with van der Waals surface area (Å²) < 4.78 is 0. The topological polar surface area (TPSA) is 53.1 Å². The highest BCUT2D eigenvalue weighted by molar-refractivity contribution is 6.34. The quantitative estimate of drug-likeness (QED) is 0.548. The van der Waals surface area contributed by atoms with Crippen molar-refractivity contribution in [2.75, 3.05) is 18.0 Å². The lowest BCUT2D eigenvalue weighted by atomic mass is 10.1. The number of hydrogen-bond donors (Lipinski definition) is 2. The summed E-state index contributed by atoms with van der Waals surface area (Å²) in [5, 5.41) is 8.37. The van der Waals surface area contributed by atoms with Crippen molar-refractivity contribution in [2.45, 2.75) is 40.5 Å². The molecule has 4 heteroatoms. The Kier molecular flexibility index (Phi) is 7.03. The number of nitrogens with zero attached hydrogens (tertiary/aromatic N) is 1. The van der Waals surface area contributed by atoms with Gasteiger partial charge >= 0.3 is 0 Å². The van der Waals surface area contributed by atoms with Gasteiger partial charge in [0.15, 0.2) is 0 Å². The van der Waals surface area contributed by atoms with Gasteiger partial charge in [0.05, 0.1) is 10.6 Å². The van der Waals surface area contributed by atoms with Gasteiger partial charge in [-0.1, -0.05) is 45.4 Å². The van der Waals surface area contributed by atoms with E-state index in [0.717, 1.165) is 31.6 Å². The number of halogens is 1. The number of nitrogen functional groups attached to an aromatic ring is 1. The summed E-state index contributed by atoms with van der Waals surface area (Å²) in [5.74, 6) is 1.33. The van der Waals surface area contributed by atoms with E-state index in [-0.39, 0.29) is 5.84 Å². The third kappa shape index (κ3) is 5.58. The van der Waals surface area contributed by atoms with Crippen molar-refractivity contribution in [3.05, 3.63) is 28.8 Å². The molecule has 0 aromatic heterocycles. The predicted molar refractivity (Wildman–Crippen MR) is 93.6 cm³/mol. The van der Waals surface area contributed by atoms with Crippen LogP contribution in [0.3, 0.4) is 0 Å². The van der Waals surface area contributed by atoms with E-state index in [4.69, 9.17) is 22.7 Å². The van der Waals surface area contributed by atoms with Gasteiger partial charge in [0, 0.05) is 18.8 Å². The molecule has 0 amide bonds. The van der Waals surface area contributed by atoms with E-state index in [2.05, 4.69) is 32.6 Å². The van der Waals surface area contributed by atoms with E-state index >= 15 is 0 Å². The van der Waals surface area contributed by atoms with Crippen LogP contribution in [0.15, 0.2) is 18.2 Å². The molecule has 0 unspecified atom stereocenters. The van der Waals surface area contributed by atoms with E-state index in [9.17, 15) is 0 Å². The zero-order valence-electron chi connectivity index (χ0n) is 13.6. The standard InChI is InChI=1S/C17H28ClN3/c1-12(2)8-10-21(11-9-13(3)4)15-7-5-6-14(18)16(15)17(19)20/h5-7,12-13H,8-11H2,1-4H3,(H3,19,20). The van der Waals surface area contributed by atoms with Gasteiger partial charge in [-0.15, -0.1) is 0 Å². The molecular weight excluding hydrogens is 282 g/mol. The fourth-order valence-electron chi connectivity index (χ4n) is 2.22. The van der Waals surface area contributed by atoms with Crippen molar-refractivity contribution in [1.29, 1.82) is 5.41 Å². The number of nitrogens with one attached hydrogen (secondary N) is 1. The first-order valence-corrected chi connectivity index (χ1v) is 8.08. The smallest absolute Gasteiger partial charge is 0.126 e. The fourth-order valence-corrected chi connectivity index (χ4v) is 2.50. The molecule has 0 spiro atoms. The van der Waals surface area contributed by atoms with Crippen molar-refractivity contribution in [2.24, 2.45) is 17.6 Å². The SMILES string of the molecule is CC(C)CCN(CCC(C)C)c1cccc(Cl)c1C(=N)N. The second-order valence-electron chi connectivity index (χ2n) is 6.40. The molecule has 0 heterocycles. The van der Waals surface area contributed by atoms with Gasteiger partial charge < -0.3 is 10.6 Å². The number of rotatable bonds is 8. The zero-order chi connectivity index (χ0) is 16.0. The zero-order valence-corrected chi connectivity index (χ0v) is 14.4. The molecule has 0 aliphatic carbocycles. The van der Waals surface area contributed by atoms with Crippen LogP contribution in [-0.4, -0.2) is 18.9 Å². The predicted octanol–water partition coefficient (Wildman–Crippen LogP) is 4.52. The molecule has 1 rings (SSSR count). The highest BCUT2D eigenvalue weighted by Crippen LogP contribution is 2.28. The highest BCUT2D eigenvalue weighted by Gasteiger charge is 2.16. The minimum Gasteiger partial charge on any atom is -0.384 e. The van der Waals surface area contributed by atoms with E-state index in [1.54, 1.807) is 6.07 Å². The Morgan fingerprint density at radius 3 is 2.10 bits per heavy atom. The average molecular weight is 310 g/mol. The van der Waals surface area contributed by atoms with Crippen molar-refractivity contribution < 1.29 is 0 Å². The van der Waals surface area contributed by atoms with E-state index < -0.39 is 0 Å². The fraction of sp³-hybridized carbons (Fsp3) is 0.588. The summed E-state index contributed by atoms with van der Waals surface area (Å²) >= 11 is 6.25. The Hall–Kier alpha value is -1.22. The summed E-state index contributed by atoms with van der Waals surface area (Å²) in [4.78, 5) is 2.32. The molecule has 0 fully saturated rings. The van der Waals surface area contributed by atoms with Crippen molar-refractivity contribution >= 4 is 23.1 Å². The normalized spacial score (nSPS) is 11.2. The molecule has 21 heavy (non-hydrogen) atoms. The van der Waals surface area contributed by atoms with E-state index in [0.29, 0.717) is 22.4 Å². The monoisotopic (exact) mass is 309 g/mol. The van der Waals surface area contributed by atoms with Gasteiger partial charge in [-0.2, -0.15) is 0 Å². The lowest BCUT2D eigenvalue weighted by Crippen LogP contribution is -2.30. The summed E-state index contributed by atoms with van der Waals surface area (Å²) in [6.45, 7) is 10.8. The van der Waals surface area contributed by atoms with Crippen LogP contribution < -0.4 is 10.6 Å². The van der Waals surface area contributed by atoms with Crippen molar-refractivity contribution in [1.82, 2.24) is 0 Å². The summed E-state index contributed by atoms with van der Waals surface area (Å²) in [6.07, 6.45) is 2.23. The van der Waals surface area contributed by atoms with E-state index in [1.807, 2.05) is 12.1 Å². The molecule has 0 atom stereocenters. The van der Waals surface area contributed by atoms with Gasteiger partial charge in [-0.25, -0.2) is 0 Å². The van der Waals surface area contributed by atoms with Gasteiger partial charge in [0.2, 0.25) is 0 Å². The number of amidine groups is 1. The van der Waals surface area contributed by atoms with Crippen LogP contribution in [0, 0.1) is 17.2 Å². The molecular formula is C17H28ClN3. The number of anilines is 1. The first-order valence-electron chi connectivity index (χ1n) is 7.70. The second-order valence-corrected chi connectivity index (χ2v) is 6.81. The number of nitrogens with two attached hydrogens (primary N) is 1. The molecule has 3 N–H and O–H groups in total. The Balaban J connectivity index is 3.06. The second kappa shape index (κ2) is 8.28. The first-order chi connectivity index (χ1) is 9.82. The van der Waals surface area contributed by atoms with Gasteiger partial charge in [-0.3, -0.25) is 5.41 Å². The average Bonchev–Trinajstić information content (AvgIpc) is 2.37. The Morgan fingerprint density at radius 2 is 1.67 bits per heavy atom. The highest BCUT2D eigenvalue weighted by atomic mass is 35.5. The molecule has 3 nitrogen and oxygen atoms in total. The number of hydrogen-bond acceptors (Lipinski definition) is 2. The van der Waals surface area contributed by atoms with Crippen LogP contribution >= 0.6 is 11.6 Å². The third-order valence-electron chi connectivity index (χ3n) is 3.55. The van der Waals surface area contributed by atoms with Crippen LogP contribution in [0.5, 0.6) is 0 Å². The van der Waals surface area contributed by atoms with Crippen LogP contribution in [0.4, 0.5) is 5.69 Å². The Bertz CT molecular complexity index is 457. The largest absolute Gasteiger partial charge is 0.384 e. The summed E-state index contributed by atoms with van der Waals surface area (Å²) in [7, 11) is 0. The van der Waals surface area contributed by atoms with Crippen LogP contribution in [0.1, 0.15) is 46.1 Å². The minimum absolute atomic E-state index is 0.0368. The number of benzene rings is 1. The molecule has 0 saturated carbocycles. The molecule has 0 saturated heterocycles. The van der Waals surface area contributed by atoms with Crippen LogP contribution in [-0.2, 0) is 0 Å².